The molecule has 1 atom stereocenters. The molecule has 1 fully saturated rings. The fraction of sp³-hybridized carbons (Fsp3) is 0.346. The number of benzene rings is 2. The van der Waals surface area contributed by atoms with E-state index in [1.165, 1.54) is 0 Å². The van der Waals surface area contributed by atoms with Crippen molar-refractivity contribution in [1.82, 2.24) is 20.3 Å². The molecule has 1 saturated heterocycles. The highest BCUT2D eigenvalue weighted by atomic mass is 32.1. The molecule has 0 unspecified atom stereocenters. The number of hydrogen-bond acceptors (Lipinski definition) is 8. The Hall–Kier alpha value is -3.23. The molecule has 3 N–H and O–H groups in total. The normalized spacial score (nSPS) is 15.9. The molecule has 4 aromatic rings. The highest BCUT2D eigenvalue weighted by Gasteiger charge is 2.19. The summed E-state index contributed by atoms with van der Waals surface area (Å²) >= 11 is 1.58. The Morgan fingerprint density at radius 3 is 2.82 bits per heavy atom. The maximum absolute atomic E-state index is 6.43. The number of piperidine rings is 1. The zero-order chi connectivity index (χ0) is 23.3. The predicted octanol–water partition coefficient (Wildman–Crippen LogP) is 5.84. The number of thiazole rings is 1. The first kappa shape index (κ1) is 22.6. The second kappa shape index (κ2) is 10.4. The second-order valence-corrected chi connectivity index (χ2v) is 9.71. The summed E-state index contributed by atoms with van der Waals surface area (Å²) in [5.74, 6) is 2.00. The first-order valence-corrected chi connectivity index (χ1v) is 12.7. The van der Waals surface area contributed by atoms with Crippen LogP contribution in [0.5, 0.6) is 11.6 Å². The number of rotatable bonds is 8. The monoisotopic (exact) mass is 474 g/mol. The third kappa shape index (κ3) is 4.98. The van der Waals surface area contributed by atoms with Crippen LogP contribution in [0.15, 0.2) is 48.7 Å². The lowest BCUT2D eigenvalue weighted by Gasteiger charge is -2.23. The number of ether oxygens (including phenoxy) is 1. The van der Waals surface area contributed by atoms with E-state index in [0.717, 1.165) is 76.7 Å². The maximum atomic E-state index is 6.43. The van der Waals surface area contributed by atoms with Crippen molar-refractivity contribution < 1.29 is 4.74 Å². The van der Waals surface area contributed by atoms with Crippen LogP contribution in [0.4, 0.5) is 11.6 Å². The van der Waals surface area contributed by atoms with E-state index >= 15 is 0 Å². The first-order chi connectivity index (χ1) is 16.7. The van der Waals surface area contributed by atoms with E-state index < -0.39 is 0 Å². The van der Waals surface area contributed by atoms with Gasteiger partial charge in [-0.15, -0.1) is 11.3 Å². The minimum atomic E-state index is 0.342. The van der Waals surface area contributed by atoms with E-state index in [1.54, 1.807) is 17.5 Å². The van der Waals surface area contributed by atoms with Gasteiger partial charge in [0.15, 0.2) is 0 Å². The van der Waals surface area contributed by atoms with Crippen LogP contribution < -0.4 is 20.7 Å². The van der Waals surface area contributed by atoms with Crippen LogP contribution >= 0.6 is 11.3 Å². The summed E-state index contributed by atoms with van der Waals surface area (Å²) in [6.07, 6.45) is 5.14. The molecule has 0 amide bonds. The summed E-state index contributed by atoms with van der Waals surface area (Å²) in [5.41, 5.74) is 1.93. The summed E-state index contributed by atoms with van der Waals surface area (Å²) in [7, 11) is 0. The molecule has 34 heavy (non-hydrogen) atoms. The van der Waals surface area contributed by atoms with Gasteiger partial charge in [-0.2, -0.15) is 0 Å². The highest BCUT2D eigenvalue weighted by molar-refractivity contribution is 7.15. The lowest BCUT2D eigenvalue weighted by Crippen LogP contribution is -2.38. The van der Waals surface area contributed by atoms with Gasteiger partial charge in [0, 0.05) is 41.8 Å². The largest absolute Gasteiger partial charge is 0.437 e. The molecule has 1 aliphatic heterocycles. The SMILES string of the molecule is CCCNc1ccc(Oc2nc(C)sc2-c2ccnc(N[C@H]3CCCNC3)n2)c2ccccc12. The van der Waals surface area contributed by atoms with Crippen LogP contribution in [0.1, 0.15) is 31.2 Å². The minimum absolute atomic E-state index is 0.342. The number of nitrogens with one attached hydrogen (secondary N) is 3. The Kier molecular flexibility index (Phi) is 6.87. The fourth-order valence-electron chi connectivity index (χ4n) is 4.23. The van der Waals surface area contributed by atoms with E-state index in [2.05, 4.69) is 52.1 Å². The van der Waals surface area contributed by atoms with Crippen molar-refractivity contribution in [2.45, 2.75) is 39.2 Å². The number of nitrogens with zero attached hydrogens (tertiary/aromatic N) is 3. The molecule has 0 saturated carbocycles. The summed E-state index contributed by atoms with van der Waals surface area (Å²) in [6.45, 7) is 7.09. The van der Waals surface area contributed by atoms with Crippen molar-refractivity contribution in [2.24, 2.45) is 0 Å². The van der Waals surface area contributed by atoms with Gasteiger partial charge in [0.05, 0.1) is 10.7 Å². The highest BCUT2D eigenvalue weighted by Crippen LogP contribution is 2.40. The van der Waals surface area contributed by atoms with Gasteiger partial charge in [-0.1, -0.05) is 31.2 Å². The molecule has 8 heteroatoms. The average Bonchev–Trinajstić information content (AvgIpc) is 3.24. The van der Waals surface area contributed by atoms with E-state index in [9.17, 15) is 0 Å². The zero-order valence-electron chi connectivity index (χ0n) is 19.6. The summed E-state index contributed by atoms with van der Waals surface area (Å²) in [6, 6.07) is 14.7. The molecule has 0 aliphatic carbocycles. The molecule has 2 aromatic heterocycles. The van der Waals surface area contributed by atoms with Crippen LogP contribution in [0.25, 0.3) is 21.3 Å². The smallest absolute Gasteiger partial charge is 0.240 e. The zero-order valence-corrected chi connectivity index (χ0v) is 20.4. The molecular formula is C26H30N6OS. The van der Waals surface area contributed by atoms with Gasteiger partial charge in [0.25, 0.3) is 0 Å². The predicted molar refractivity (Wildman–Crippen MR) is 140 cm³/mol. The van der Waals surface area contributed by atoms with E-state index in [1.807, 2.05) is 25.1 Å². The molecule has 1 aliphatic rings. The van der Waals surface area contributed by atoms with Crippen molar-refractivity contribution in [2.75, 3.05) is 30.3 Å². The third-order valence-corrected chi connectivity index (χ3v) is 6.85. The number of hydrogen-bond donors (Lipinski definition) is 3. The number of aromatic nitrogens is 3. The molecule has 176 valence electrons. The van der Waals surface area contributed by atoms with Crippen LogP contribution in [0.2, 0.25) is 0 Å². The Bertz CT molecular complexity index is 1270. The van der Waals surface area contributed by atoms with Gasteiger partial charge in [0.1, 0.15) is 10.6 Å². The fourth-order valence-corrected chi connectivity index (χ4v) is 5.05. The van der Waals surface area contributed by atoms with Crippen LogP contribution in [0.3, 0.4) is 0 Å². The van der Waals surface area contributed by atoms with Crippen molar-refractivity contribution in [1.29, 1.82) is 0 Å². The van der Waals surface area contributed by atoms with Crippen molar-refractivity contribution in [3.8, 4) is 22.2 Å². The van der Waals surface area contributed by atoms with Gasteiger partial charge in [-0.3, -0.25) is 0 Å². The Balaban J connectivity index is 1.44. The Labute approximate surface area is 204 Å². The lowest BCUT2D eigenvalue weighted by atomic mass is 10.1. The van der Waals surface area contributed by atoms with Crippen molar-refractivity contribution >= 4 is 33.7 Å². The minimum Gasteiger partial charge on any atom is -0.437 e. The lowest BCUT2D eigenvalue weighted by molar-refractivity contribution is 0.472. The molecule has 2 aromatic carbocycles. The molecular weight excluding hydrogens is 444 g/mol. The molecule has 0 spiro atoms. The van der Waals surface area contributed by atoms with Gasteiger partial charge in [-0.05, 0) is 50.9 Å². The second-order valence-electron chi connectivity index (χ2n) is 8.51. The van der Waals surface area contributed by atoms with E-state index in [4.69, 9.17) is 14.7 Å². The topological polar surface area (TPSA) is 84.0 Å². The molecule has 0 bridgehead atoms. The van der Waals surface area contributed by atoms with Crippen molar-refractivity contribution in [3.05, 3.63) is 53.7 Å². The van der Waals surface area contributed by atoms with Gasteiger partial charge >= 0.3 is 0 Å². The van der Waals surface area contributed by atoms with Crippen LogP contribution in [-0.4, -0.2) is 40.6 Å². The Morgan fingerprint density at radius 1 is 1.12 bits per heavy atom. The molecule has 5 rings (SSSR count). The Morgan fingerprint density at radius 2 is 2.00 bits per heavy atom. The average molecular weight is 475 g/mol. The summed E-state index contributed by atoms with van der Waals surface area (Å²) in [4.78, 5) is 14.8. The number of anilines is 2. The van der Waals surface area contributed by atoms with E-state index in [-0.39, 0.29) is 0 Å². The number of aryl methyl sites for hydroxylation is 1. The molecule has 7 nitrogen and oxygen atoms in total. The van der Waals surface area contributed by atoms with Crippen LogP contribution in [0, 0.1) is 6.92 Å². The molecule has 0 radical (unpaired) electrons. The van der Waals surface area contributed by atoms with Crippen LogP contribution in [-0.2, 0) is 0 Å². The van der Waals surface area contributed by atoms with Gasteiger partial charge < -0.3 is 20.7 Å². The molecule has 3 heterocycles. The first-order valence-electron chi connectivity index (χ1n) is 11.9. The maximum Gasteiger partial charge on any atom is 0.240 e. The van der Waals surface area contributed by atoms with Gasteiger partial charge in [0.2, 0.25) is 11.8 Å². The summed E-state index contributed by atoms with van der Waals surface area (Å²) in [5, 5.41) is 13.5. The van der Waals surface area contributed by atoms with Gasteiger partial charge in [-0.25, -0.2) is 15.0 Å². The van der Waals surface area contributed by atoms with E-state index in [0.29, 0.717) is 17.9 Å². The number of fused-ring (bicyclic) bond motifs is 1. The van der Waals surface area contributed by atoms with Crippen molar-refractivity contribution in [3.63, 3.8) is 0 Å². The standard InChI is InChI=1S/C26H30N6OS/c1-3-13-28-21-10-11-23(20-9-5-4-8-19(20)21)33-25-24(34-17(2)30-25)22-12-15-29-26(32-22)31-18-7-6-14-27-16-18/h4-5,8-12,15,18,27-28H,3,6-7,13-14,16H2,1-2H3,(H,29,31,32)/t18-/m0/s1. The summed E-state index contributed by atoms with van der Waals surface area (Å²) < 4.78 is 6.43. The quantitative estimate of drug-likeness (QED) is 0.296. The third-order valence-electron chi connectivity index (χ3n) is 5.88.